The van der Waals surface area contributed by atoms with E-state index in [0.717, 1.165) is 6.26 Å². The van der Waals surface area contributed by atoms with Gasteiger partial charge < -0.3 is 10.9 Å². The van der Waals surface area contributed by atoms with Crippen LogP contribution in [0.1, 0.15) is 19.3 Å². The van der Waals surface area contributed by atoms with Gasteiger partial charge in [0.15, 0.2) is 14.9 Å². The van der Waals surface area contributed by atoms with Crippen LogP contribution in [0.5, 0.6) is 0 Å². The van der Waals surface area contributed by atoms with E-state index in [0.29, 0.717) is 19.3 Å². The van der Waals surface area contributed by atoms with Crippen LogP contribution in [0.15, 0.2) is 5.16 Å². The Morgan fingerprint density at radius 1 is 1.29 bits per heavy atom. The van der Waals surface area contributed by atoms with Gasteiger partial charge in [0.25, 0.3) is 0 Å². The van der Waals surface area contributed by atoms with Gasteiger partial charge in [0.1, 0.15) is 5.84 Å². The van der Waals surface area contributed by atoms with E-state index in [1.807, 2.05) is 0 Å². The molecule has 0 aliphatic rings. The lowest BCUT2D eigenvalue weighted by Gasteiger charge is -2.05. The molecule has 0 heterocycles. The second kappa shape index (κ2) is 6.77. The largest absolute Gasteiger partial charge is 0.409 e. The Balaban J connectivity index is 3.90. The molecule has 0 spiro atoms. The Bertz CT molecular complexity index is 454. The number of hydrogen-bond donors (Lipinski definition) is 3. The number of sulfone groups is 1. The first kappa shape index (κ1) is 16.1. The minimum absolute atomic E-state index is 0.0731. The van der Waals surface area contributed by atoms with Crippen molar-refractivity contribution in [3.8, 4) is 0 Å². The number of oxime groups is 1. The van der Waals surface area contributed by atoms with Gasteiger partial charge in [0.2, 0.25) is 10.0 Å². The van der Waals surface area contributed by atoms with Crippen molar-refractivity contribution in [3.63, 3.8) is 0 Å². The molecule has 17 heavy (non-hydrogen) atoms. The van der Waals surface area contributed by atoms with Gasteiger partial charge in [0, 0.05) is 19.2 Å². The lowest BCUT2D eigenvalue weighted by Crippen LogP contribution is -2.30. The Hall–Kier alpha value is -0.870. The van der Waals surface area contributed by atoms with Crippen LogP contribution in [0.4, 0.5) is 0 Å². The molecule has 0 aromatic heterocycles. The van der Waals surface area contributed by atoms with Crippen molar-refractivity contribution in [3.05, 3.63) is 0 Å². The maximum Gasteiger partial charge on any atom is 0.226 e. The summed E-state index contributed by atoms with van der Waals surface area (Å²) in [7, 11) is -7.36. The Labute approximate surface area is 101 Å². The van der Waals surface area contributed by atoms with E-state index in [2.05, 4.69) is 9.88 Å². The molecule has 0 amide bonds. The van der Waals surface area contributed by atoms with Crippen molar-refractivity contribution in [2.45, 2.75) is 19.3 Å². The summed E-state index contributed by atoms with van der Waals surface area (Å²) < 4.78 is 46.2. The Morgan fingerprint density at radius 3 is 2.35 bits per heavy atom. The summed E-state index contributed by atoms with van der Waals surface area (Å²) in [5.41, 5.74) is 5.21. The summed E-state index contributed by atoms with van der Waals surface area (Å²) >= 11 is 0. The van der Waals surface area contributed by atoms with Crippen LogP contribution in [0.25, 0.3) is 0 Å². The molecule has 0 aliphatic carbocycles. The molecule has 4 N–H and O–H groups in total. The minimum atomic E-state index is -3.79. The van der Waals surface area contributed by atoms with Gasteiger partial charge in [-0.1, -0.05) is 5.16 Å². The summed E-state index contributed by atoms with van der Waals surface area (Å²) in [4.78, 5) is 0. The molecule has 102 valence electrons. The van der Waals surface area contributed by atoms with Gasteiger partial charge in [0.05, 0.1) is 0 Å². The van der Waals surface area contributed by atoms with Crippen molar-refractivity contribution in [1.29, 1.82) is 0 Å². The summed E-state index contributed by atoms with van der Waals surface area (Å²) in [6, 6.07) is 0. The number of hydrogen-bond acceptors (Lipinski definition) is 6. The van der Waals surface area contributed by atoms with E-state index >= 15 is 0 Å². The van der Waals surface area contributed by atoms with Crippen LogP contribution in [0.2, 0.25) is 0 Å². The van der Waals surface area contributed by atoms with Gasteiger partial charge in [-0.2, -0.15) is 0 Å². The second-order valence-electron chi connectivity index (χ2n) is 3.60. The molecule has 0 unspecified atom stereocenters. The van der Waals surface area contributed by atoms with E-state index in [1.54, 1.807) is 0 Å². The zero-order valence-electron chi connectivity index (χ0n) is 9.46. The SMILES string of the molecule is CS(=O)(=O)CS(=O)(=O)NCCCCC(N)=NO. The van der Waals surface area contributed by atoms with Crippen LogP contribution < -0.4 is 10.5 Å². The van der Waals surface area contributed by atoms with E-state index < -0.39 is 24.9 Å². The normalized spacial score (nSPS) is 13.8. The molecular weight excluding hydrogens is 270 g/mol. The zero-order valence-corrected chi connectivity index (χ0v) is 11.1. The first-order valence-electron chi connectivity index (χ1n) is 4.78. The molecule has 8 nitrogen and oxygen atoms in total. The molecule has 0 bridgehead atoms. The van der Waals surface area contributed by atoms with Crippen LogP contribution in [0.3, 0.4) is 0 Å². The zero-order chi connectivity index (χ0) is 13.5. The first-order valence-corrected chi connectivity index (χ1v) is 8.49. The summed E-state index contributed by atoms with van der Waals surface area (Å²) in [6.07, 6.45) is 2.21. The molecule has 10 heteroatoms. The molecule has 0 fully saturated rings. The number of sulfonamides is 1. The molecule has 0 radical (unpaired) electrons. The number of unbranched alkanes of at least 4 members (excludes halogenated alkanes) is 1. The highest BCUT2D eigenvalue weighted by atomic mass is 32.3. The summed E-state index contributed by atoms with van der Waals surface area (Å²) in [5, 5.41) is 10.1. The van der Waals surface area contributed by atoms with Gasteiger partial charge in [-0.3, -0.25) is 0 Å². The van der Waals surface area contributed by atoms with Crippen molar-refractivity contribution in [2.24, 2.45) is 10.9 Å². The highest BCUT2D eigenvalue weighted by molar-refractivity contribution is 8.06. The predicted octanol–water partition coefficient (Wildman–Crippen LogP) is -1.18. The standard InChI is InChI=1S/C7H17N3O5S2/c1-16(12,13)6-17(14,15)9-5-3-2-4-7(8)10-11/h9,11H,2-6H2,1H3,(H2,8,10). The topological polar surface area (TPSA) is 139 Å². The van der Waals surface area contributed by atoms with Crippen LogP contribution in [-0.2, 0) is 19.9 Å². The monoisotopic (exact) mass is 287 g/mol. The van der Waals surface area contributed by atoms with Crippen molar-refractivity contribution in [2.75, 3.05) is 17.9 Å². The number of nitrogens with two attached hydrogens (primary N) is 1. The molecule has 0 saturated heterocycles. The second-order valence-corrected chi connectivity index (χ2v) is 7.91. The summed E-state index contributed by atoms with van der Waals surface area (Å²) in [6.45, 7) is 0.122. The molecule has 0 atom stereocenters. The fourth-order valence-electron chi connectivity index (χ4n) is 1.03. The van der Waals surface area contributed by atoms with E-state index in [9.17, 15) is 16.8 Å². The maximum absolute atomic E-state index is 11.2. The lowest BCUT2D eigenvalue weighted by molar-refractivity contribution is 0.316. The highest BCUT2D eigenvalue weighted by Crippen LogP contribution is 1.96. The average molecular weight is 287 g/mol. The van der Waals surface area contributed by atoms with Crippen LogP contribution >= 0.6 is 0 Å². The Morgan fingerprint density at radius 2 is 1.88 bits per heavy atom. The van der Waals surface area contributed by atoms with Crippen LogP contribution in [-0.4, -0.2) is 45.8 Å². The smallest absolute Gasteiger partial charge is 0.226 e. The van der Waals surface area contributed by atoms with E-state index in [-0.39, 0.29) is 12.4 Å². The predicted molar refractivity (Wildman–Crippen MR) is 63.9 cm³/mol. The fourth-order valence-corrected chi connectivity index (χ4v) is 4.08. The average Bonchev–Trinajstić information content (AvgIpc) is 2.12. The minimum Gasteiger partial charge on any atom is -0.409 e. The third-order valence-corrected chi connectivity index (χ3v) is 5.28. The van der Waals surface area contributed by atoms with E-state index in [4.69, 9.17) is 10.9 Å². The Kier molecular flexibility index (Phi) is 6.42. The van der Waals surface area contributed by atoms with Gasteiger partial charge in [-0.25, -0.2) is 21.6 Å². The molecule has 0 rings (SSSR count). The third kappa shape index (κ3) is 10.0. The number of nitrogens with zero attached hydrogens (tertiary/aromatic N) is 1. The first-order chi connectivity index (χ1) is 7.66. The van der Waals surface area contributed by atoms with E-state index in [1.165, 1.54) is 0 Å². The van der Waals surface area contributed by atoms with Gasteiger partial charge >= 0.3 is 0 Å². The molecule has 0 aliphatic heterocycles. The number of amidine groups is 1. The van der Waals surface area contributed by atoms with Crippen molar-refractivity contribution < 1.29 is 22.0 Å². The third-order valence-electron chi connectivity index (χ3n) is 1.68. The molecule has 0 saturated carbocycles. The highest BCUT2D eigenvalue weighted by Gasteiger charge is 2.16. The molecular formula is C7H17N3O5S2. The van der Waals surface area contributed by atoms with Gasteiger partial charge in [-0.05, 0) is 12.8 Å². The number of nitrogens with one attached hydrogen (secondary N) is 1. The quantitative estimate of drug-likeness (QED) is 0.169. The molecule has 0 aromatic carbocycles. The van der Waals surface area contributed by atoms with Crippen molar-refractivity contribution >= 4 is 25.7 Å². The lowest BCUT2D eigenvalue weighted by atomic mass is 10.2. The van der Waals surface area contributed by atoms with Gasteiger partial charge in [-0.15, -0.1) is 0 Å². The van der Waals surface area contributed by atoms with Crippen molar-refractivity contribution in [1.82, 2.24) is 4.72 Å². The summed E-state index contributed by atoms with van der Waals surface area (Å²) in [5.74, 6) is 0.0731. The molecule has 0 aromatic rings. The maximum atomic E-state index is 11.2. The number of rotatable bonds is 8. The fraction of sp³-hybridized carbons (Fsp3) is 0.857. The van der Waals surface area contributed by atoms with Crippen LogP contribution in [0, 0.1) is 0 Å².